The number of hydrogen-bond acceptors (Lipinski definition) is 3. The van der Waals surface area contributed by atoms with Crippen LogP contribution in [0.3, 0.4) is 0 Å². The van der Waals surface area contributed by atoms with E-state index in [1.807, 2.05) is 20.8 Å². The van der Waals surface area contributed by atoms with Gasteiger partial charge in [-0.1, -0.05) is 84.4 Å². The van der Waals surface area contributed by atoms with Gasteiger partial charge in [-0.2, -0.15) is 0 Å². The molecule has 4 rings (SSSR count). The monoisotopic (exact) mass is 494 g/mol. The summed E-state index contributed by atoms with van der Waals surface area (Å²) in [6.07, 6.45) is 0.397. The van der Waals surface area contributed by atoms with E-state index in [9.17, 15) is 4.79 Å². The molecule has 0 bridgehead atoms. The highest BCUT2D eigenvalue weighted by atomic mass is 16.6. The maximum Gasteiger partial charge on any atom is 0.407 e. The molecule has 0 aliphatic heterocycles. The molecule has 0 aromatic heterocycles. The number of nitrogens with one attached hydrogen (secondary N) is 2. The highest BCUT2D eigenvalue weighted by Crippen LogP contribution is 2.25. The fourth-order valence-electron chi connectivity index (χ4n) is 4.54. The van der Waals surface area contributed by atoms with Crippen LogP contribution in [0.2, 0.25) is 0 Å². The molecule has 192 valence electrons. The number of rotatable bonds is 8. The van der Waals surface area contributed by atoms with E-state index in [2.05, 4.69) is 109 Å². The van der Waals surface area contributed by atoms with Gasteiger partial charge in [-0.05, 0) is 85.7 Å². The minimum absolute atomic E-state index is 0.0450. The number of carbonyl (C=O) groups excluding carboxylic acids is 1. The average Bonchev–Trinajstić information content (AvgIpc) is 2.85. The number of ether oxygens (including phenoxy) is 1. The lowest BCUT2D eigenvalue weighted by atomic mass is 9.95. The number of fused-ring (bicyclic) bond motifs is 1. The molecule has 1 amide bonds. The molecule has 4 heteroatoms. The smallest absolute Gasteiger partial charge is 0.407 e. The molecule has 4 nitrogen and oxygen atoms in total. The summed E-state index contributed by atoms with van der Waals surface area (Å²) < 4.78 is 5.46. The minimum Gasteiger partial charge on any atom is -0.444 e. The van der Waals surface area contributed by atoms with Gasteiger partial charge < -0.3 is 15.4 Å². The Morgan fingerprint density at radius 2 is 1.54 bits per heavy atom. The molecule has 0 saturated heterocycles. The quantitative estimate of drug-likeness (QED) is 0.269. The largest absolute Gasteiger partial charge is 0.444 e. The van der Waals surface area contributed by atoms with E-state index < -0.39 is 11.7 Å². The van der Waals surface area contributed by atoms with Gasteiger partial charge in [0.25, 0.3) is 0 Å². The van der Waals surface area contributed by atoms with E-state index in [0.29, 0.717) is 13.1 Å². The van der Waals surface area contributed by atoms with Crippen molar-refractivity contribution < 1.29 is 9.53 Å². The van der Waals surface area contributed by atoms with Crippen LogP contribution in [-0.4, -0.2) is 24.3 Å². The van der Waals surface area contributed by atoms with Crippen LogP contribution in [0.5, 0.6) is 0 Å². The molecule has 2 N–H and O–H groups in total. The van der Waals surface area contributed by atoms with Crippen molar-refractivity contribution in [2.45, 2.75) is 59.2 Å². The van der Waals surface area contributed by atoms with Gasteiger partial charge >= 0.3 is 6.09 Å². The Morgan fingerprint density at radius 3 is 2.24 bits per heavy atom. The van der Waals surface area contributed by atoms with Crippen LogP contribution < -0.4 is 10.6 Å². The van der Waals surface area contributed by atoms with Crippen molar-refractivity contribution >= 4 is 16.9 Å². The number of benzene rings is 4. The molecular formula is C33H38N2O2. The zero-order chi connectivity index (χ0) is 26.4. The van der Waals surface area contributed by atoms with Crippen LogP contribution in [-0.2, 0) is 17.7 Å². The molecule has 37 heavy (non-hydrogen) atoms. The molecule has 0 spiro atoms. The van der Waals surface area contributed by atoms with Crippen LogP contribution in [0.15, 0.2) is 84.9 Å². The molecule has 4 aromatic rings. The van der Waals surface area contributed by atoms with Crippen LogP contribution in [0, 0.1) is 13.8 Å². The Kier molecular flexibility index (Phi) is 8.30. The Morgan fingerprint density at radius 1 is 0.838 bits per heavy atom. The van der Waals surface area contributed by atoms with Crippen molar-refractivity contribution in [3.8, 4) is 11.1 Å². The Bertz CT molecular complexity index is 1350. The predicted octanol–water partition coefficient (Wildman–Crippen LogP) is 7.35. The van der Waals surface area contributed by atoms with Crippen molar-refractivity contribution in [3.05, 3.63) is 107 Å². The Labute approximate surface area is 221 Å². The first-order valence-electron chi connectivity index (χ1n) is 13.0. The van der Waals surface area contributed by atoms with Gasteiger partial charge in [-0.25, -0.2) is 4.79 Å². The molecular weight excluding hydrogens is 456 g/mol. The lowest BCUT2D eigenvalue weighted by Crippen LogP contribution is -2.43. The van der Waals surface area contributed by atoms with Gasteiger partial charge in [0.1, 0.15) is 5.60 Å². The maximum atomic E-state index is 12.4. The van der Waals surface area contributed by atoms with Crippen molar-refractivity contribution in [1.29, 1.82) is 0 Å². The summed E-state index contributed by atoms with van der Waals surface area (Å²) in [4.78, 5) is 12.4. The molecule has 0 aliphatic carbocycles. The zero-order valence-corrected chi connectivity index (χ0v) is 22.6. The van der Waals surface area contributed by atoms with Gasteiger partial charge in [-0.15, -0.1) is 0 Å². The zero-order valence-electron chi connectivity index (χ0n) is 22.6. The minimum atomic E-state index is -0.527. The third-order valence-electron chi connectivity index (χ3n) is 6.44. The molecule has 0 saturated carbocycles. The van der Waals surface area contributed by atoms with Gasteiger partial charge in [0.15, 0.2) is 0 Å². The van der Waals surface area contributed by atoms with Gasteiger partial charge in [0.2, 0.25) is 0 Å². The first-order valence-corrected chi connectivity index (χ1v) is 13.0. The fourth-order valence-corrected chi connectivity index (χ4v) is 4.54. The van der Waals surface area contributed by atoms with Gasteiger partial charge in [0, 0.05) is 19.1 Å². The lowest BCUT2D eigenvalue weighted by Gasteiger charge is -2.23. The van der Waals surface area contributed by atoms with E-state index in [4.69, 9.17) is 4.74 Å². The summed E-state index contributed by atoms with van der Waals surface area (Å²) in [7, 11) is 0. The summed E-state index contributed by atoms with van der Waals surface area (Å²) in [6, 6.07) is 30.3. The molecule has 1 atom stereocenters. The number of aryl methyl sites for hydroxylation is 2. The first kappa shape index (κ1) is 26.4. The Balaban J connectivity index is 1.48. The molecule has 0 aliphatic rings. The van der Waals surface area contributed by atoms with Gasteiger partial charge in [0.05, 0.1) is 0 Å². The Hall–Kier alpha value is -3.63. The second-order valence-electron chi connectivity index (χ2n) is 10.9. The summed E-state index contributed by atoms with van der Waals surface area (Å²) in [5.74, 6) is 0. The number of alkyl carbamates (subject to hydrolysis) is 1. The van der Waals surface area contributed by atoms with Crippen LogP contribution in [0.1, 0.15) is 43.0 Å². The predicted molar refractivity (Wildman–Crippen MR) is 154 cm³/mol. The van der Waals surface area contributed by atoms with Crippen LogP contribution in [0.25, 0.3) is 21.9 Å². The van der Waals surface area contributed by atoms with E-state index >= 15 is 0 Å². The SMILES string of the molecule is Cc1ccc(-c2ccc(CC(CNC(=O)OC(C)(C)C)NCc3ccc4ccccc4c3)cc2C)cc1. The molecule has 0 heterocycles. The normalized spacial score (nSPS) is 12.4. The van der Waals surface area contributed by atoms with E-state index in [-0.39, 0.29) is 6.04 Å². The second kappa shape index (κ2) is 11.6. The van der Waals surface area contributed by atoms with Crippen molar-refractivity contribution in [1.82, 2.24) is 10.6 Å². The standard InChI is InChI=1S/C33H38N2O2/c1-23-10-14-28(15-11-23)31-17-13-25(18-24(31)2)20-30(22-35-32(36)37-33(3,4)5)34-21-26-12-16-27-8-6-7-9-29(27)19-26/h6-19,30,34H,20-22H2,1-5H3,(H,35,36). The number of amides is 1. The molecule has 0 radical (unpaired) electrons. The number of hydrogen-bond donors (Lipinski definition) is 2. The third kappa shape index (κ3) is 7.68. The van der Waals surface area contributed by atoms with Crippen LogP contribution >= 0.6 is 0 Å². The van der Waals surface area contributed by atoms with Crippen LogP contribution in [0.4, 0.5) is 4.79 Å². The number of carbonyl (C=O) groups is 1. The highest BCUT2D eigenvalue weighted by Gasteiger charge is 2.18. The van der Waals surface area contributed by atoms with Crippen molar-refractivity contribution in [2.75, 3.05) is 6.54 Å². The molecule has 4 aromatic carbocycles. The van der Waals surface area contributed by atoms with E-state index in [0.717, 1.165) is 6.42 Å². The van der Waals surface area contributed by atoms with E-state index in [1.165, 1.54) is 44.2 Å². The molecule has 1 unspecified atom stereocenters. The highest BCUT2D eigenvalue weighted by molar-refractivity contribution is 5.83. The maximum absolute atomic E-state index is 12.4. The topological polar surface area (TPSA) is 50.4 Å². The molecule has 0 fully saturated rings. The third-order valence-corrected chi connectivity index (χ3v) is 6.44. The summed E-state index contributed by atoms with van der Waals surface area (Å²) in [6.45, 7) is 11.1. The van der Waals surface area contributed by atoms with E-state index in [1.54, 1.807) is 0 Å². The van der Waals surface area contributed by atoms with Crippen molar-refractivity contribution in [2.24, 2.45) is 0 Å². The second-order valence-corrected chi connectivity index (χ2v) is 10.9. The first-order chi connectivity index (χ1) is 17.7. The fraction of sp³-hybridized carbons (Fsp3) is 0.303. The summed E-state index contributed by atoms with van der Waals surface area (Å²) >= 11 is 0. The lowest BCUT2D eigenvalue weighted by molar-refractivity contribution is 0.0522. The summed E-state index contributed by atoms with van der Waals surface area (Å²) in [5, 5.41) is 9.09. The summed E-state index contributed by atoms with van der Waals surface area (Å²) in [5.41, 5.74) is 6.90. The average molecular weight is 495 g/mol. The van der Waals surface area contributed by atoms with Gasteiger partial charge in [-0.3, -0.25) is 0 Å². The van der Waals surface area contributed by atoms with Crippen molar-refractivity contribution in [3.63, 3.8) is 0 Å².